The molecule has 0 bridgehead atoms. The highest BCUT2D eigenvalue weighted by molar-refractivity contribution is 6.05. The number of carbonyl (C=O) groups is 1. The van der Waals surface area contributed by atoms with Crippen LogP contribution in [0.25, 0.3) is 5.70 Å². The van der Waals surface area contributed by atoms with Crippen LogP contribution in [0.1, 0.15) is 50.8 Å². The van der Waals surface area contributed by atoms with Crippen LogP contribution in [-0.2, 0) is 10.4 Å². The first-order valence-corrected chi connectivity index (χ1v) is 9.80. The van der Waals surface area contributed by atoms with E-state index in [1.165, 1.54) is 0 Å². The van der Waals surface area contributed by atoms with Crippen LogP contribution in [0, 0.1) is 0 Å². The number of hydrogen-bond donors (Lipinski definition) is 4. The van der Waals surface area contributed by atoms with Gasteiger partial charge in [-0.2, -0.15) is 0 Å². The summed E-state index contributed by atoms with van der Waals surface area (Å²) in [6.45, 7) is 3.65. The fraction of sp³-hybridized carbons (Fsp3) is 0.550. The van der Waals surface area contributed by atoms with Gasteiger partial charge in [0, 0.05) is 17.8 Å². The van der Waals surface area contributed by atoms with Crippen molar-refractivity contribution in [2.24, 2.45) is 4.99 Å². The van der Waals surface area contributed by atoms with Gasteiger partial charge in [-0.15, -0.1) is 0 Å². The van der Waals surface area contributed by atoms with Gasteiger partial charge in [-0.05, 0) is 51.7 Å². The summed E-state index contributed by atoms with van der Waals surface area (Å²) in [7, 11) is 0. The molecule has 150 valence electrons. The molecule has 3 heterocycles. The van der Waals surface area contributed by atoms with Crippen LogP contribution in [0.2, 0.25) is 0 Å². The first kappa shape index (κ1) is 19.0. The van der Waals surface area contributed by atoms with Crippen LogP contribution >= 0.6 is 0 Å². The summed E-state index contributed by atoms with van der Waals surface area (Å²) in [5, 5.41) is 26.2. The van der Waals surface area contributed by atoms with Crippen molar-refractivity contribution in [1.82, 2.24) is 20.5 Å². The summed E-state index contributed by atoms with van der Waals surface area (Å²) in [6, 6.07) is 3.99. The van der Waals surface area contributed by atoms with Gasteiger partial charge in [-0.25, -0.2) is 4.99 Å². The average Bonchev–Trinajstić information content (AvgIpc) is 2.67. The smallest absolute Gasteiger partial charge is 0.239 e. The molecule has 1 aromatic rings. The first-order valence-electron chi connectivity index (χ1n) is 9.80. The summed E-state index contributed by atoms with van der Waals surface area (Å²) in [5.41, 5.74) is 1.43. The summed E-state index contributed by atoms with van der Waals surface area (Å²) >= 11 is 0. The molecule has 2 aliphatic heterocycles. The molecule has 4 rings (SSSR count). The SMILES string of the molecule is CC(C)(O)c1ccc(C2=CN=C3NC(=O)CNC3N2C2CCC(O)CC2)cn1. The van der Waals surface area contributed by atoms with Gasteiger partial charge >= 0.3 is 0 Å². The Morgan fingerprint density at radius 1 is 1.21 bits per heavy atom. The molecule has 28 heavy (non-hydrogen) atoms. The fourth-order valence-electron chi connectivity index (χ4n) is 4.09. The second-order valence-corrected chi connectivity index (χ2v) is 8.22. The number of aliphatic imine (C=N–C) groups is 1. The number of amidine groups is 1. The standard InChI is InChI=1S/C20H27N5O3/c1-20(2,28)16-8-3-12(9-21-16)15-10-22-18-19(23-11-17(27)24-18)25(15)13-4-6-14(26)7-5-13/h3,8-10,13-14,19,23,26,28H,4-7,11H2,1-2H3,(H,22,24,27). The fourth-order valence-corrected chi connectivity index (χ4v) is 4.09. The number of pyridine rings is 1. The molecule has 0 aromatic carbocycles. The highest BCUT2D eigenvalue weighted by Crippen LogP contribution is 2.34. The lowest BCUT2D eigenvalue weighted by atomic mass is 9.90. The number of rotatable bonds is 3. The number of nitrogens with zero attached hydrogens (tertiary/aromatic N) is 3. The van der Waals surface area contributed by atoms with Crippen LogP contribution in [0.4, 0.5) is 0 Å². The van der Waals surface area contributed by atoms with Crippen LogP contribution < -0.4 is 10.6 Å². The molecular weight excluding hydrogens is 358 g/mol. The van der Waals surface area contributed by atoms with E-state index in [2.05, 4.69) is 25.5 Å². The van der Waals surface area contributed by atoms with Gasteiger partial charge in [0.1, 0.15) is 17.6 Å². The first-order chi connectivity index (χ1) is 13.3. The Balaban J connectivity index is 1.69. The predicted molar refractivity (Wildman–Crippen MR) is 105 cm³/mol. The van der Waals surface area contributed by atoms with Gasteiger partial charge in [0.15, 0.2) is 0 Å². The lowest BCUT2D eigenvalue weighted by Gasteiger charge is -2.46. The Morgan fingerprint density at radius 2 is 1.96 bits per heavy atom. The molecule has 1 saturated carbocycles. The van der Waals surface area contributed by atoms with Gasteiger partial charge in [0.2, 0.25) is 5.91 Å². The molecule has 1 aliphatic carbocycles. The summed E-state index contributed by atoms with van der Waals surface area (Å²) in [5.74, 6) is 0.509. The largest absolute Gasteiger partial charge is 0.393 e. The van der Waals surface area contributed by atoms with Gasteiger partial charge < -0.3 is 20.4 Å². The number of nitrogens with one attached hydrogen (secondary N) is 2. The Labute approximate surface area is 164 Å². The van der Waals surface area contributed by atoms with Crippen molar-refractivity contribution in [3.05, 3.63) is 35.8 Å². The highest BCUT2D eigenvalue weighted by Gasteiger charge is 2.38. The molecule has 1 aromatic heterocycles. The minimum Gasteiger partial charge on any atom is -0.393 e. The van der Waals surface area contributed by atoms with E-state index in [4.69, 9.17) is 0 Å². The van der Waals surface area contributed by atoms with Crippen molar-refractivity contribution in [2.75, 3.05) is 6.54 Å². The zero-order chi connectivity index (χ0) is 19.9. The van der Waals surface area contributed by atoms with Crippen LogP contribution in [0.15, 0.2) is 29.5 Å². The van der Waals surface area contributed by atoms with Crippen molar-refractivity contribution < 1.29 is 15.0 Å². The molecular formula is C20H27N5O3. The van der Waals surface area contributed by atoms with Crippen LogP contribution in [0.3, 0.4) is 0 Å². The maximum absolute atomic E-state index is 11.8. The molecule has 4 N–H and O–H groups in total. The Morgan fingerprint density at radius 3 is 2.61 bits per heavy atom. The molecule has 0 radical (unpaired) electrons. The van der Waals surface area contributed by atoms with Crippen molar-refractivity contribution in [3.8, 4) is 0 Å². The van der Waals surface area contributed by atoms with Crippen molar-refractivity contribution in [3.63, 3.8) is 0 Å². The lowest BCUT2D eigenvalue weighted by molar-refractivity contribution is -0.120. The molecule has 8 heteroatoms. The van der Waals surface area contributed by atoms with E-state index >= 15 is 0 Å². The molecule has 1 amide bonds. The Bertz CT molecular complexity index is 804. The molecule has 1 saturated heterocycles. The minimum absolute atomic E-state index is 0.0953. The number of carbonyl (C=O) groups excluding carboxylic acids is 1. The van der Waals surface area contributed by atoms with Gasteiger partial charge in [0.25, 0.3) is 0 Å². The van der Waals surface area contributed by atoms with E-state index in [0.717, 1.165) is 36.9 Å². The number of fused-ring (bicyclic) bond motifs is 1. The number of piperazine rings is 1. The van der Waals surface area contributed by atoms with Gasteiger partial charge in [0.05, 0.1) is 30.2 Å². The number of aliphatic hydroxyl groups is 2. The third-order valence-electron chi connectivity index (χ3n) is 5.61. The van der Waals surface area contributed by atoms with Crippen LogP contribution in [-0.4, -0.2) is 56.7 Å². The van der Waals surface area contributed by atoms with Crippen LogP contribution in [0.5, 0.6) is 0 Å². The quantitative estimate of drug-likeness (QED) is 0.609. The summed E-state index contributed by atoms with van der Waals surface area (Å²) in [6.07, 6.45) is 6.32. The van der Waals surface area contributed by atoms with E-state index in [1.807, 2.05) is 12.1 Å². The number of hydrogen-bond acceptors (Lipinski definition) is 7. The molecule has 0 spiro atoms. The monoisotopic (exact) mass is 385 g/mol. The molecule has 1 atom stereocenters. The van der Waals surface area contributed by atoms with Gasteiger partial charge in [-0.3, -0.25) is 15.1 Å². The minimum atomic E-state index is -1.00. The average molecular weight is 385 g/mol. The maximum atomic E-state index is 11.8. The predicted octanol–water partition coefficient (Wildman–Crippen LogP) is 0.670. The van der Waals surface area contributed by atoms with E-state index in [-0.39, 0.29) is 30.8 Å². The molecule has 8 nitrogen and oxygen atoms in total. The number of aromatic nitrogens is 1. The summed E-state index contributed by atoms with van der Waals surface area (Å²) < 4.78 is 0. The third kappa shape index (κ3) is 3.67. The summed E-state index contributed by atoms with van der Waals surface area (Å²) in [4.78, 5) is 22.9. The maximum Gasteiger partial charge on any atom is 0.239 e. The Kier molecular flexibility index (Phi) is 4.95. The number of amides is 1. The number of aliphatic hydroxyl groups excluding tert-OH is 1. The highest BCUT2D eigenvalue weighted by atomic mass is 16.3. The normalized spacial score (nSPS) is 28.2. The van der Waals surface area contributed by atoms with E-state index in [1.54, 1.807) is 26.2 Å². The van der Waals surface area contributed by atoms with Crippen molar-refractivity contribution >= 4 is 17.4 Å². The topological polar surface area (TPSA) is 110 Å². The molecule has 1 unspecified atom stereocenters. The molecule has 3 aliphatic rings. The van der Waals surface area contributed by atoms with E-state index in [0.29, 0.717) is 11.5 Å². The van der Waals surface area contributed by atoms with E-state index in [9.17, 15) is 15.0 Å². The Hall–Kier alpha value is -2.29. The third-order valence-corrected chi connectivity index (χ3v) is 5.61. The molecule has 2 fully saturated rings. The second-order valence-electron chi connectivity index (χ2n) is 8.22. The van der Waals surface area contributed by atoms with Crippen molar-refractivity contribution in [1.29, 1.82) is 0 Å². The van der Waals surface area contributed by atoms with Gasteiger partial charge in [-0.1, -0.05) is 0 Å². The zero-order valence-corrected chi connectivity index (χ0v) is 16.2. The van der Waals surface area contributed by atoms with E-state index < -0.39 is 5.60 Å². The lowest BCUT2D eigenvalue weighted by Crippen LogP contribution is -2.65. The zero-order valence-electron chi connectivity index (χ0n) is 16.2. The second kappa shape index (κ2) is 7.27. The van der Waals surface area contributed by atoms with Crippen molar-refractivity contribution in [2.45, 2.75) is 63.4 Å².